The van der Waals surface area contributed by atoms with Gasteiger partial charge in [0.05, 0.1) is 0 Å². The SMILES string of the molecule is CC(C)C([O])c1cccc(C(F)(F)C(F)(F)F)c1. The van der Waals surface area contributed by atoms with Crippen LogP contribution in [0.25, 0.3) is 0 Å². The summed E-state index contributed by atoms with van der Waals surface area (Å²) in [5, 5.41) is 11.6. The maximum Gasteiger partial charge on any atom is 0.458 e. The van der Waals surface area contributed by atoms with Crippen LogP contribution in [0.2, 0.25) is 0 Å². The highest BCUT2D eigenvalue weighted by molar-refractivity contribution is 5.29. The zero-order valence-corrected chi connectivity index (χ0v) is 9.76. The normalized spacial score (nSPS) is 14.9. The van der Waals surface area contributed by atoms with Gasteiger partial charge in [0.1, 0.15) is 6.10 Å². The van der Waals surface area contributed by atoms with E-state index in [1.807, 2.05) is 0 Å². The van der Waals surface area contributed by atoms with Gasteiger partial charge in [0, 0.05) is 5.56 Å². The lowest BCUT2D eigenvalue weighted by Gasteiger charge is -2.21. The molecule has 1 unspecified atom stereocenters. The molecule has 0 heterocycles. The summed E-state index contributed by atoms with van der Waals surface area (Å²) >= 11 is 0. The lowest BCUT2D eigenvalue weighted by atomic mass is 9.96. The fourth-order valence-electron chi connectivity index (χ4n) is 1.46. The van der Waals surface area contributed by atoms with Gasteiger partial charge in [-0.3, -0.25) is 0 Å². The Morgan fingerprint density at radius 1 is 1.06 bits per heavy atom. The minimum atomic E-state index is -5.66. The Labute approximate surface area is 101 Å². The smallest absolute Gasteiger partial charge is 0.228 e. The molecule has 0 aromatic heterocycles. The van der Waals surface area contributed by atoms with Crippen molar-refractivity contribution in [3.63, 3.8) is 0 Å². The molecule has 0 N–H and O–H groups in total. The standard InChI is InChI=1S/C12H12F5O/c1-7(2)10(18)8-4-3-5-9(6-8)11(13,14)12(15,16)17/h3-7,10H,1-2H3. The number of rotatable bonds is 3. The zero-order valence-electron chi connectivity index (χ0n) is 9.76. The summed E-state index contributed by atoms with van der Waals surface area (Å²) in [5.41, 5.74) is -1.26. The molecule has 1 aromatic rings. The Hall–Kier alpha value is -1.17. The van der Waals surface area contributed by atoms with Gasteiger partial charge in [-0.1, -0.05) is 32.0 Å². The van der Waals surface area contributed by atoms with Gasteiger partial charge < -0.3 is 0 Å². The molecule has 1 radical (unpaired) electrons. The summed E-state index contributed by atoms with van der Waals surface area (Å²) in [5.74, 6) is -5.33. The van der Waals surface area contributed by atoms with Gasteiger partial charge in [-0.05, 0) is 17.5 Å². The molecule has 1 atom stereocenters. The van der Waals surface area contributed by atoms with E-state index in [4.69, 9.17) is 0 Å². The Morgan fingerprint density at radius 3 is 2.06 bits per heavy atom. The molecule has 0 saturated carbocycles. The van der Waals surface area contributed by atoms with E-state index in [0.29, 0.717) is 12.1 Å². The van der Waals surface area contributed by atoms with E-state index in [0.717, 1.165) is 6.07 Å². The highest BCUT2D eigenvalue weighted by atomic mass is 19.4. The minimum absolute atomic E-state index is 0.0635. The second-order valence-electron chi connectivity index (χ2n) is 4.36. The van der Waals surface area contributed by atoms with Crippen LogP contribution in [-0.2, 0) is 11.0 Å². The van der Waals surface area contributed by atoms with Gasteiger partial charge in [0.25, 0.3) is 0 Å². The summed E-state index contributed by atoms with van der Waals surface area (Å²) in [6, 6.07) is 3.60. The molecule has 1 aromatic carbocycles. The Kier molecular flexibility index (Phi) is 4.00. The van der Waals surface area contributed by atoms with Crippen molar-refractivity contribution in [1.82, 2.24) is 0 Å². The van der Waals surface area contributed by atoms with Crippen molar-refractivity contribution in [2.75, 3.05) is 0 Å². The average molecular weight is 267 g/mol. The summed E-state index contributed by atoms with van der Waals surface area (Å²) in [7, 11) is 0. The molecule has 0 spiro atoms. The lowest BCUT2D eigenvalue weighted by molar-refractivity contribution is -0.289. The van der Waals surface area contributed by atoms with Crippen LogP contribution >= 0.6 is 0 Å². The van der Waals surface area contributed by atoms with Crippen molar-refractivity contribution < 1.29 is 27.1 Å². The fraction of sp³-hybridized carbons (Fsp3) is 0.500. The molecule has 0 aliphatic carbocycles. The Morgan fingerprint density at radius 2 is 1.61 bits per heavy atom. The first-order valence-corrected chi connectivity index (χ1v) is 5.28. The van der Waals surface area contributed by atoms with Crippen LogP contribution in [0.1, 0.15) is 31.1 Å². The van der Waals surface area contributed by atoms with Crippen molar-refractivity contribution >= 4 is 0 Å². The van der Waals surface area contributed by atoms with Crippen LogP contribution in [0.3, 0.4) is 0 Å². The van der Waals surface area contributed by atoms with E-state index in [-0.39, 0.29) is 11.5 Å². The predicted molar refractivity (Wildman–Crippen MR) is 54.7 cm³/mol. The van der Waals surface area contributed by atoms with Gasteiger partial charge in [-0.15, -0.1) is 0 Å². The summed E-state index contributed by atoms with van der Waals surface area (Å²) in [6.07, 6.45) is -6.99. The van der Waals surface area contributed by atoms with Crippen molar-refractivity contribution in [2.24, 2.45) is 5.92 Å². The first-order valence-electron chi connectivity index (χ1n) is 5.28. The number of benzene rings is 1. The topological polar surface area (TPSA) is 19.9 Å². The number of hydrogen-bond donors (Lipinski definition) is 0. The molecule has 0 bridgehead atoms. The number of halogens is 5. The third kappa shape index (κ3) is 2.80. The number of hydrogen-bond acceptors (Lipinski definition) is 0. The van der Waals surface area contributed by atoms with Gasteiger partial charge in [-0.2, -0.15) is 22.0 Å². The molecule has 101 valence electrons. The summed E-state index contributed by atoms with van der Waals surface area (Å²) in [6.45, 7) is 3.15. The van der Waals surface area contributed by atoms with Crippen LogP contribution < -0.4 is 0 Å². The molecule has 0 fully saturated rings. The Bertz CT molecular complexity index is 411. The number of alkyl halides is 5. The molecule has 1 rings (SSSR count). The third-order valence-electron chi connectivity index (χ3n) is 2.54. The maximum atomic E-state index is 13.1. The van der Waals surface area contributed by atoms with E-state index in [1.54, 1.807) is 13.8 Å². The molecule has 0 amide bonds. The van der Waals surface area contributed by atoms with Gasteiger partial charge in [-0.25, -0.2) is 5.11 Å². The monoisotopic (exact) mass is 267 g/mol. The molecule has 18 heavy (non-hydrogen) atoms. The van der Waals surface area contributed by atoms with Crippen molar-refractivity contribution in [2.45, 2.75) is 32.1 Å². The third-order valence-corrected chi connectivity index (χ3v) is 2.54. The Balaban J connectivity index is 3.17. The predicted octanol–water partition coefficient (Wildman–Crippen LogP) is 4.47. The van der Waals surface area contributed by atoms with Crippen LogP contribution in [-0.4, -0.2) is 6.18 Å². The van der Waals surface area contributed by atoms with Gasteiger partial charge in [0.15, 0.2) is 0 Å². The molecule has 0 saturated heterocycles. The summed E-state index contributed by atoms with van der Waals surface area (Å²) in [4.78, 5) is 0. The molecule has 0 aliphatic rings. The molecular formula is C12H12F5O. The van der Waals surface area contributed by atoms with E-state index in [9.17, 15) is 27.1 Å². The zero-order chi connectivity index (χ0) is 14.1. The van der Waals surface area contributed by atoms with Crippen molar-refractivity contribution in [1.29, 1.82) is 0 Å². The highest BCUT2D eigenvalue weighted by Gasteiger charge is 2.58. The maximum absolute atomic E-state index is 13.1. The average Bonchev–Trinajstić information content (AvgIpc) is 2.26. The van der Waals surface area contributed by atoms with Crippen LogP contribution in [0, 0.1) is 5.92 Å². The second-order valence-corrected chi connectivity index (χ2v) is 4.36. The fourth-order valence-corrected chi connectivity index (χ4v) is 1.46. The van der Waals surface area contributed by atoms with E-state index >= 15 is 0 Å². The second kappa shape index (κ2) is 4.84. The molecule has 1 nitrogen and oxygen atoms in total. The first kappa shape index (κ1) is 14.9. The largest absolute Gasteiger partial charge is 0.458 e. The first-order chi connectivity index (χ1) is 8.07. The van der Waals surface area contributed by atoms with Crippen molar-refractivity contribution in [3.8, 4) is 0 Å². The van der Waals surface area contributed by atoms with E-state index in [2.05, 4.69) is 0 Å². The van der Waals surface area contributed by atoms with Gasteiger partial charge in [0.2, 0.25) is 0 Å². The van der Waals surface area contributed by atoms with E-state index < -0.39 is 23.8 Å². The molecule has 0 aliphatic heterocycles. The van der Waals surface area contributed by atoms with Crippen molar-refractivity contribution in [3.05, 3.63) is 35.4 Å². The highest BCUT2D eigenvalue weighted by Crippen LogP contribution is 2.44. The molecule has 6 heteroatoms. The molecular weight excluding hydrogens is 255 g/mol. The summed E-state index contributed by atoms with van der Waals surface area (Å²) < 4.78 is 62.7. The quantitative estimate of drug-likeness (QED) is 0.720. The van der Waals surface area contributed by atoms with Crippen LogP contribution in [0.4, 0.5) is 22.0 Å². The van der Waals surface area contributed by atoms with Crippen LogP contribution in [0.5, 0.6) is 0 Å². The van der Waals surface area contributed by atoms with E-state index in [1.165, 1.54) is 6.07 Å². The van der Waals surface area contributed by atoms with Gasteiger partial charge >= 0.3 is 12.1 Å². The van der Waals surface area contributed by atoms with Crippen LogP contribution in [0.15, 0.2) is 24.3 Å². The minimum Gasteiger partial charge on any atom is -0.228 e. The lowest BCUT2D eigenvalue weighted by Crippen LogP contribution is -2.33.